The van der Waals surface area contributed by atoms with Crippen LogP contribution in [-0.2, 0) is 5.41 Å². The van der Waals surface area contributed by atoms with Crippen molar-refractivity contribution in [2.75, 3.05) is 5.32 Å². The molecule has 294 valence electrons. The molecule has 0 bridgehead atoms. The van der Waals surface area contributed by atoms with E-state index >= 15 is 0 Å². The minimum absolute atomic E-state index is 0.309. The Morgan fingerprint density at radius 3 is 1.63 bits per heavy atom. The molecule has 1 atom stereocenters. The van der Waals surface area contributed by atoms with Crippen LogP contribution in [0.5, 0.6) is 0 Å². The van der Waals surface area contributed by atoms with Crippen molar-refractivity contribution in [3.05, 3.63) is 276 Å². The van der Waals surface area contributed by atoms with E-state index in [4.69, 9.17) is 9.98 Å². The molecule has 0 saturated heterocycles. The second-order valence-electron chi connectivity index (χ2n) is 15.9. The molecule has 1 aliphatic heterocycles. The minimum Gasteiger partial charge on any atom is -0.355 e. The second kappa shape index (κ2) is 15.8. The fourth-order valence-corrected chi connectivity index (χ4v) is 9.32. The molecule has 0 fully saturated rings. The van der Waals surface area contributed by atoms with Crippen LogP contribution in [0.3, 0.4) is 0 Å². The Labute approximate surface area is 362 Å². The van der Waals surface area contributed by atoms with Crippen molar-refractivity contribution >= 4 is 23.0 Å². The number of rotatable bonds is 9. The van der Waals surface area contributed by atoms with Gasteiger partial charge in [0.25, 0.3) is 0 Å². The van der Waals surface area contributed by atoms with Crippen LogP contribution >= 0.6 is 0 Å². The number of nitrogens with one attached hydrogen (secondary N) is 2. The molecule has 0 spiro atoms. The van der Waals surface area contributed by atoms with E-state index in [2.05, 4.69) is 235 Å². The molecule has 2 aliphatic rings. The predicted octanol–water partition coefficient (Wildman–Crippen LogP) is 13.6. The lowest BCUT2D eigenvalue weighted by Crippen LogP contribution is -2.33. The van der Waals surface area contributed by atoms with Crippen molar-refractivity contribution in [1.82, 2.24) is 5.32 Å². The Morgan fingerprint density at radius 1 is 0.403 bits per heavy atom. The topological polar surface area (TPSA) is 48.8 Å². The molecule has 11 rings (SSSR count). The van der Waals surface area contributed by atoms with Crippen LogP contribution in [-0.4, -0.2) is 11.7 Å². The van der Waals surface area contributed by atoms with E-state index < -0.39 is 5.41 Å². The summed E-state index contributed by atoms with van der Waals surface area (Å²) in [5.41, 5.74) is 16.5. The van der Waals surface area contributed by atoms with E-state index in [1.165, 1.54) is 38.9 Å². The highest BCUT2D eigenvalue weighted by Gasteiger charge is 2.46. The highest BCUT2D eigenvalue weighted by Crippen LogP contribution is 2.57. The van der Waals surface area contributed by atoms with Gasteiger partial charge in [0.15, 0.2) is 5.84 Å². The van der Waals surface area contributed by atoms with Gasteiger partial charge in [0.2, 0.25) is 0 Å². The van der Waals surface area contributed by atoms with Gasteiger partial charge in [-0.15, -0.1) is 0 Å². The van der Waals surface area contributed by atoms with Gasteiger partial charge in [-0.25, -0.2) is 9.98 Å². The maximum absolute atomic E-state index is 5.22. The normalized spacial score (nSPS) is 14.7. The molecule has 0 amide bonds. The first-order valence-electron chi connectivity index (χ1n) is 21.2. The smallest absolute Gasteiger partial charge is 0.159 e. The molecule has 0 radical (unpaired) electrons. The fraction of sp³-hybridized carbons (Fsp3) is 0.0345. The lowest BCUT2D eigenvalue weighted by atomic mass is 9.67. The SMILES string of the molecule is c1ccc(-c2ccc(C3=NC(c4cccc(Nc5cc6c(cc5-c5ccccc5)-c5ccccc5C6(c5ccccc5)c5ccccc5)c4)=NC(c4ccccc4)N3)cc2)cc1. The number of nitrogens with zero attached hydrogens (tertiary/aromatic N) is 2. The number of aliphatic imine (C=N–C) groups is 2. The monoisotopic (exact) mass is 794 g/mol. The molecule has 0 aromatic heterocycles. The average molecular weight is 795 g/mol. The Morgan fingerprint density at radius 2 is 0.952 bits per heavy atom. The number of amidine groups is 2. The minimum atomic E-state index is -0.525. The molecule has 2 N–H and O–H groups in total. The summed E-state index contributed by atoms with van der Waals surface area (Å²) in [6, 6.07) is 84.2. The number of hydrogen-bond acceptors (Lipinski definition) is 4. The maximum Gasteiger partial charge on any atom is 0.159 e. The quantitative estimate of drug-likeness (QED) is 0.153. The van der Waals surface area contributed by atoms with Crippen molar-refractivity contribution in [1.29, 1.82) is 0 Å². The van der Waals surface area contributed by atoms with E-state index in [9.17, 15) is 0 Å². The summed E-state index contributed by atoms with van der Waals surface area (Å²) < 4.78 is 0. The zero-order valence-electron chi connectivity index (χ0n) is 34.0. The second-order valence-corrected chi connectivity index (χ2v) is 15.9. The lowest BCUT2D eigenvalue weighted by Gasteiger charge is -2.34. The molecule has 4 heteroatoms. The number of hydrogen-bond donors (Lipinski definition) is 2. The van der Waals surface area contributed by atoms with Crippen LogP contribution in [0.1, 0.15) is 45.1 Å². The van der Waals surface area contributed by atoms with Crippen LogP contribution < -0.4 is 10.6 Å². The van der Waals surface area contributed by atoms with Crippen LogP contribution in [0.15, 0.2) is 247 Å². The van der Waals surface area contributed by atoms with Crippen LogP contribution in [0, 0.1) is 0 Å². The van der Waals surface area contributed by atoms with Gasteiger partial charge in [0.1, 0.15) is 12.0 Å². The van der Waals surface area contributed by atoms with Crippen molar-refractivity contribution in [3.63, 3.8) is 0 Å². The molecule has 1 unspecified atom stereocenters. The van der Waals surface area contributed by atoms with E-state index in [1.807, 2.05) is 12.1 Å². The third-order valence-electron chi connectivity index (χ3n) is 12.2. The third kappa shape index (κ3) is 6.59. The standard InChI is InChI=1S/C58H42N4/c1-6-19-40(20-7-1)41-33-35-44(36-34-41)56-60-55(43-23-10-3-11-24-43)61-57(62-56)45-25-18-30-48(37-45)59-54-39-53-51(38-50(54)42-21-8-2-9-22-42)49-31-16-17-32-52(49)58(53,46-26-12-4-13-27-46)47-28-14-5-15-29-47/h1-39,55,59H,(H,60,61,62). The number of anilines is 2. The molecular weight excluding hydrogens is 753 g/mol. The summed E-state index contributed by atoms with van der Waals surface area (Å²) in [5.74, 6) is 1.45. The summed E-state index contributed by atoms with van der Waals surface area (Å²) in [6.45, 7) is 0. The molecular formula is C58H42N4. The number of fused-ring (bicyclic) bond motifs is 3. The van der Waals surface area contributed by atoms with E-state index in [-0.39, 0.29) is 6.17 Å². The Hall–Kier alpha value is -8.08. The third-order valence-corrected chi connectivity index (χ3v) is 12.2. The zero-order chi connectivity index (χ0) is 41.3. The van der Waals surface area contributed by atoms with Crippen molar-refractivity contribution in [2.24, 2.45) is 9.98 Å². The molecule has 0 saturated carbocycles. The van der Waals surface area contributed by atoms with Gasteiger partial charge >= 0.3 is 0 Å². The molecule has 4 nitrogen and oxygen atoms in total. The summed E-state index contributed by atoms with van der Waals surface area (Å²) in [5, 5.41) is 7.57. The Bertz CT molecular complexity index is 3050. The summed E-state index contributed by atoms with van der Waals surface area (Å²) in [7, 11) is 0. The van der Waals surface area contributed by atoms with Gasteiger partial charge in [-0.2, -0.15) is 0 Å². The molecule has 1 aliphatic carbocycles. The number of benzene rings is 9. The van der Waals surface area contributed by atoms with Crippen LogP contribution in [0.4, 0.5) is 11.4 Å². The average Bonchev–Trinajstić information content (AvgIpc) is 3.65. The largest absolute Gasteiger partial charge is 0.355 e. The summed E-state index contributed by atoms with van der Waals surface area (Å²) in [6.07, 6.45) is -0.309. The fourth-order valence-electron chi connectivity index (χ4n) is 9.32. The Balaban J connectivity index is 1.04. The first-order valence-corrected chi connectivity index (χ1v) is 21.2. The first kappa shape index (κ1) is 37.0. The van der Waals surface area contributed by atoms with Crippen molar-refractivity contribution in [3.8, 4) is 33.4 Å². The van der Waals surface area contributed by atoms with Crippen molar-refractivity contribution < 1.29 is 0 Å². The van der Waals surface area contributed by atoms with Gasteiger partial charge in [-0.3, -0.25) is 0 Å². The molecule has 9 aromatic carbocycles. The van der Waals surface area contributed by atoms with Gasteiger partial charge < -0.3 is 10.6 Å². The summed E-state index contributed by atoms with van der Waals surface area (Å²) in [4.78, 5) is 10.4. The first-order chi connectivity index (χ1) is 30.7. The molecule has 62 heavy (non-hydrogen) atoms. The summed E-state index contributed by atoms with van der Waals surface area (Å²) >= 11 is 0. The highest BCUT2D eigenvalue weighted by atomic mass is 15.2. The lowest BCUT2D eigenvalue weighted by molar-refractivity contribution is 0.674. The van der Waals surface area contributed by atoms with E-state index in [1.54, 1.807) is 0 Å². The van der Waals surface area contributed by atoms with Gasteiger partial charge in [0, 0.05) is 28.1 Å². The highest BCUT2D eigenvalue weighted by molar-refractivity contribution is 6.13. The zero-order valence-corrected chi connectivity index (χ0v) is 34.0. The molecule has 1 heterocycles. The van der Waals surface area contributed by atoms with Crippen LogP contribution in [0.2, 0.25) is 0 Å². The van der Waals surface area contributed by atoms with Crippen LogP contribution in [0.25, 0.3) is 33.4 Å². The van der Waals surface area contributed by atoms with E-state index in [0.29, 0.717) is 5.84 Å². The predicted molar refractivity (Wildman–Crippen MR) is 256 cm³/mol. The van der Waals surface area contributed by atoms with Gasteiger partial charge in [-0.1, -0.05) is 212 Å². The Kier molecular flexibility index (Phi) is 9.44. The van der Waals surface area contributed by atoms with E-state index in [0.717, 1.165) is 50.6 Å². The van der Waals surface area contributed by atoms with Crippen molar-refractivity contribution in [2.45, 2.75) is 11.6 Å². The van der Waals surface area contributed by atoms with Gasteiger partial charge in [-0.05, 0) is 79.9 Å². The molecule has 9 aromatic rings. The maximum atomic E-state index is 5.22. The van der Waals surface area contributed by atoms with Gasteiger partial charge in [0.05, 0.1) is 5.41 Å².